The lowest BCUT2D eigenvalue weighted by atomic mass is 10.1. The second-order valence-electron chi connectivity index (χ2n) is 5.19. The maximum absolute atomic E-state index is 14.1. The van der Waals surface area contributed by atoms with Gasteiger partial charge in [0, 0.05) is 23.6 Å². The third kappa shape index (κ3) is 3.83. The summed E-state index contributed by atoms with van der Waals surface area (Å²) in [4.78, 5) is -0.246. The molecule has 0 aromatic heterocycles. The fraction of sp³-hybridized carbons (Fsp3) is 0.571. The molecule has 1 aliphatic rings. The van der Waals surface area contributed by atoms with Crippen molar-refractivity contribution in [1.29, 1.82) is 0 Å². The molecule has 2 rings (SSSR count). The van der Waals surface area contributed by atoms with Gasteiger partial charge in [-0.1, -0.05) is 22.9 Å². The van der Waals surface area contributed by atoms with Crippen LogP contribution in [0.2, 0.25) is 0 Å². The van der Waals surface area contributed by atoms with E-state index < -0.39 is 15.8 Å². The van der Waals surface area contributed by atoms with Crippen LogP contribution in [0.15, 0.2) is 27.6 Å². The molecule has 1 heterocycles. The lowest BCUT2D eigenvalue weighted by Gasteiger charge is -2.33. The maximum Gasteiger partial charge on any atom is 0.246 e. The van der Waals surface area contributed by atoms with Crippen LogP contribution in [-0.2, 0) is 10.0 Å². The molecule has 4 nitrogen and oxygen atoms in total. The van der Waals surface area contributed by atoms with E-state index in [-0.39, 0.29) is 10.9 Å². The van der Waals surface area contributed by atoms with Crippen molar-refractivity contribution in [1.82, 2.24) is 9.62 Å². The average Bonchev–Trinajstić information content (AvgIpc) is 2.45. The number of hydrogen-bond acceptors (Lipinski definition) is 3. The van der Waals surface area contributed by atoms with Crippen molar-refractivity contribution < 1.29 is 12.8 Å². The van der Waals surface area contributed by atoms with Crippen LogP contribution in [0, 0.1) is 5.82 Å². The van der Waals surface area contributed by atoms with E-state index in [2.05, 4.69) is 21.2 Å². The van der Waals surface area contributed by atoms with Gasteiger partial charge in [0.05, 0.1) is 0 Å². The highest BCUT2D eigenvalue weighted by Crippen LogP contribution is 2.26. The van der Waals surface area contributed by atoms with Crippen molar-refractivity contribution in [3.05, 3.63) is 28.5 Å². The second kappa shape index (κ2) is 7.17. The van der Waals surface area contributed by atoms with Gasteiger partial charge in [0.2, 0.25) is 10.0 Å². The van der Waals surface area contributed by atoms with Crippen LogP contribution in [0.1, 0.15) is 26.2 Å². The van der Waals surface area contributed by atoms with Crippen molar-refractivity contribution in [2.24, 2.45) is 0 Å². The topological polar surface area (TPSA) is 49.4 Å². The molecular formula is C14H20BrFN2O2S. The summed E-state index contributed by atoms with van der Waals surface area (Å²) >= 11 is 3.15. The third-order valence-corrected chi connectivity index (χ3v) is 6.08. The van der Waals surface area contributed by atoms with Gasteiger partial charge in [0.15, 0.2) is 0 Å². The first-order valence-corrected chi connectivity index (χ1v) is 9.37. The van der Waals surface area contributed by atoms with Crippen LogP contribution >= 0.6 is 15.9 Å². The van der Waals surface area contributed by atoms with Gasteiger partial charge in [0.25, 0.3) is 0 Å². The number of nitrogens with zero attached hydrogens (tertiary/aromatic N) is 1. The van der Waals surface area contributed by atoms with E-state index in [1.807, 2.05) is 6.92 Å². The van der Waals surface area contributed by atoms with Gasteiger partial charge in [-0.15, -0.1) is 0 Å². The number of sulfonamides is 1. The molecule has 21 heavy (non-hydrogen) atoms. The van der Waals surface area contributed by atoms with Gasteiger partial charge in [0.1, 0.15) is 10.7 Å². The predicted octanol–water partition coefficient (Wildman–Crippen LogP) is 2.74. The molecule has 1 saturated heterocycles. The number of piperidine rings is 1. The molecule has 1 unspecified atom stereocenters. The Morgan fingerprint density at radius 2 is 2.24 bits per heavy atom. The minimum atomic E-state index is -3.81. The van der Waals surface area contributed by atoms with E-state index in [9.17, 15) is 12.8 Å². The van der Waals surface area contributed by atoms with Crippen molar-refractivity contribution in [3.8, 4) is 0 Å². The number of rotatable bonds is 5. The number of halogens is 2. The largest absolute Gasteiger partial charge is 0.315 e. The average molecular weight is 379 g/mol. The quantitative estimate of drug-likeness (QED) is 0.856. The van der Waals surface area contributed by atoms with Gasteiger partial charge in [-0.2, -0.15) is 4.31 Å². The maximum atomic E-state index is 14.1. The van der Waals surface area contributed by atoms with Crippen molar-refractivity contribution in [3.63, 3.8) is 0 Å². The van der Waals surface area contributed by atoms with Gasteiger partial charge >= 0.3 is 0 Å². The Labute approximate surface area is 133 Å². The van der Waals surface area contributed by atoms with Crippen LogP contribution < -0.4 is 5.32 Å². The van der Waals surface area contributed by atoms with E-state index in [4.69, 9.17) is 0 Å². The first-order chi connectivity index (χ1) is 9.96. The predicted molar refractivity (Wildman–Crippen MR) is 84.2 cm³/mol. The van der Waals surface area contributed by atoms with Crippen LogP contribution in [-0.4, -0.2) is 38.4 Å². The molecule has 1 N–H and O–H groups in total. The Morgan fingerprint density at radius 3 is 2.81 bits per heavy atom. The van der Waals surface area contributed by atoms with Gasteiger partial charge in [-0.3, -0.25) is 0 Å². The smallest absolute Gasteiger partial charge is 0.246 e. The minimum absolute atomic E-state index is 0.105. The Morgan fingerprint density at radius 1 is 1.48 bits per heavy atom. The first-order valence-electron chi connectivity index (χ1n) is 7.14. The molecule has 1 aliphatic heterocycles. The molecule has 0 aliphatic carbocycles. The molecule has 0 spiro atoms. The van der Waals surface area contributed by atoms with E-state index in [1.54, 1.807) is 6.07 Å². The summed E-state index contributed by atoms with van der Waals surface area (Å²) in [7, 11) is -3.81. The van der Waals surface area contributed by atoms with Crippen LogP contribution in [0.4, 0.5) is 4.39 Å². The fourth-order valence-electron chi connectivity index (χ4n) is 2.61. The highest BCUT2D eigenvalue weighted by atomic mass is 79.9. The van der Waals surface area contributed by atoms with Crippen molar-refractivity contribution >= 4 is 26.0 Å². The molecule has 1 aromatic carbocycles. The Hall–Kier alpha value is -0.500. The molecule has 1 fully saturated rings. The summed E-state index contributed by atoms with van der Waals surface area (Å²) in [6.45, 7) is 3.86. The summed E-state index contributed by atoms with van der Waals surface area (Å²) in [6.07, 6.45) is 2.45. The molecule has 118 valence electrons. The van der Waals surface area contributed by atoms with E-state index in [1.165, 1.54) is 16.4 Å². The lowest BCUT2D eigenvalue weighted by Crippen LogP contribution is -2.49. The summed E-state index contributed by atoms with van der Waals surface area (Å²) in [5.41, 5.74) is 0. The van der Waals surface area contributed by atoms with Gasteiger partial charge in [-0.25, -0.2) is 12.8 Å². The normalized spacial score (nSPS) is 19.9. The molecule has 1 atom stereocenters. The Kier molecular flexibility index (Phi) is 5.76. The second-order valence-corrected chi connectivity index (χ2v) is 7.97. The molecule has 7 heteroatoms. The third-order valence-electron chi connectivity index (χ3n) is 3.60. The molecule has 0 radical (unpaired) electrons. The van der Waals surface area contributed by atoms with Crippen molar-refractivity contribution in [2.45, 2.75) is 37.1 Å². The van der Waals surface area contributed by atoms with E-state index >= 15 is 0 Å². The fourth-order valence-corrected chi connectivity index (χ4v) is 4.74. The molecule has 0 bridgehead atoms. The van der Waals surface area contributed by atoms with Crippen molar-refractivity contribution in [2.75, 3.05) is 19.6 Å². The highest BCUT2D eigenvalue weighted by molar-refractivity contribution is 9.10. The number of hydrogen-bond donors (Lipinski definition) is 1. The highest BCUT2D eigenvalue weighted by Gasteiger charge is 2.33. The van der Waals surface area contributed by atoms with Crippen LogP contribution in [0.5, 0.6) is 0 Å². The van der Waals surface area contributed by atoms with E-state index in [0.29, 0.717) is 24.0 Å². The Bertz CT molecular complexity index is 589. The monoisotopic (exact) mass is 378 g/mol. The minimum Gasteiger partial charge on any atom is -0.315 e. The van der Waals surface area contributed by atoms with Crippen LogP contribution in [0.25, 0.3) is 0 Å². The van der Waals surface area contributed by atoms with E-state index in [0.717, 1.165) is 19.4 Å². The molecule has 0 amide bonds. The Balaban J connectivity index is 2.36. The zero-order chi connectivity index (χ0) is 15.5. The zero-order valence-corrected chi connectivity index (χ0v) is 14.4. The zero-order valence-electron chi connectivity index (χ0n) is 12.0. The summed E-state index contributed by atoms with van der Waals surface area (Å²) in [5.74, 6) is -0.714. The lowest BCUT2D eigenvalue weighted by molar-refractivity contribution is 0.265. The first kappa shape index (κ1) is 16.9. The number of benzene rings is 1. The number of nitrogens with one attached hydrogen (secondary N) is 1. The van der Waals surface area contributed by atoms with Crippen LogP contribution in [0.3, 0.4) is 0 Å². The summed E-state index contributed by atoms with van der Waals surface area (Å²) < 4.78 is 41.6. The summed E-state index contributed by atoms with van der Waals surface area (Å²) in [6, 6.07) is 3.97. The van der Waals surface area contributed by atoms with Gasteiger partial charge in [-0.05, 0) is 44.0 Å². The SMILES string of the molecule is CCCN(C1CCCNC1)S(=O)(=O)c1ccc(Br)cc1F. The van der Waals surface area contributed by atoms with Gasteiger partial charge < -0.3 is 5.32 Å². The molecule has 0 saturated carbocycles. The standard InChI is InChI=1S/C14H20BrFN2O2S/c1-2-8-18(12-4-3-7-17-10-12)21(19,20)14-6-5-11(15)9-13(14)16/h5-6,9,12,17H,2-4,7-8,10H2,1H3. The molecule has 1 aromatic rings. The summed E-state index contributed by atoms with van der Waals surface area (Å²) in [5, 5.41) is 3.21. The molecular weight excluding hydrogens is 359 g/mol.